The lowest BCUT2D eigenvalue weighted by Crippen LogP contribution is -1.91. The maximum Gasteiger partial charge on any atom is 0.137 e. The Bertz CT molecular complexity index is 2390. The molecule has 0 aliphatic carbocycles. The zero-order valence-electron chi connectivity index (χ0n) is 22.7. The lowest BCUT2D eigenvalue weighted by molar-refractivity contribution is 0.669. The van der Waals surface area contributed by atoms with Gasteiger partial charge in [0.15, 0.2) is 0 Å². The molecule has 0 aliphatic rings. The number of fused-ring (bicyclic) bond motifs is 7. The summed E-state index contributed by atoms with van der Waals surface area (Å²) in [5, 5.41) is 8.65. The van der Waals surface area contributed by atoms with Gasteiger partial charge < -0.3 is 4.42 Å². The molecule has 9 aromatic rings. The number of benzene rings is 7. The molecule has 1 nitrogen and oxygen atoms in total. The van der Waals surface area contributed by atoms with Gasteiger partial charge in [0.25, 0.3) is 0 Å². The van der Waals surface area contributed by atoms with Gasteiger partial charge in [0.05, 0.1) is 0 Å². The summed E-state index contributed by atoms with van der Waals surface area (Å²) in [5.41, 5.74) is 8.07. The summed E-state index contributed by atoms with van der Waals surface area (Å²) in [7, 11) is 0. The molecule has 0 N–H and O–H groups in total. The Kier molecular flexibility index (Phi) is 5.13. The van der Waals surface area contributed by atoms with Gasteiger partial charge in [0, 0.05) is 25.7 Å². The van der Waals surface area contributed by atoms with Gasteiger partial charge in [-0.2, -0.15) is 0 Å². The van der Waals surface area contributed by atoms with Crippen molar-refractivity contribution in [1.29, 1.82) is 0 Å². The Hall–Kier alpha value is -5.18. The van der Waals surface area contributed by atoms with E-state index >= 15 is 0 Å². The van der Waals surface area contributed by atoms with Crippen LogP contribution < -0.4 is 0 Å². The molecule has 9 rings (SSSR count). The fraction of sp³-hybridized carbons (Fsp3) is 0. The minimum absolute atomic E-state index is 0.926. The van der Waals surface area contributed by atoms with Gasteiger partial charge >= 0.3 is 0 Å². The van der Waals surface area contributed by atoms with Crippen LogP contribution in [-0.2, 0) is 0 Å². The molecule has 0 unspecified atom stereocenters. The molecular formula is C40H24OS. The van der Waals surface area contributed by atoms with E-state index in [9.17, 15) is 0 Å². The third kappa shape index (κ3) is 3.43. The molecule has 2 heteroatoms. The van der Waals surface area contributed by atoms with Crippen molar-refractivity contribution >= 4 is 64.9 Å². The van der Waals surface area contributed by atoms with Gasteiger partial charge in [-0.3, -0.25) is 0 Å². The van der Waals surface area contributed by atoms with Crippen LogP contribution >= 0.6 is 11.3 Å². The van der Waals surface area contributed by atoms with Crippen molar-refractivity contribution in [2.24, 2.45) is 0 Å². The first-order valence-corrected chi connectivity index (χ1v) is 15.1. The van der Waals surface area contributed by atoms with Crippen LogP contribution in [0.1, 0.15) is 0 Å². The van der Waals surface area contributed by atoms with E-state index < -0.39 is 0 Å². The van der Waals surface area contributed by atoms with Crippen LogP contribution in [0.2, 0.25) is 0 Å². The van der Waals surface area contributed by atoms with Gasteiger partial charge in [-0.1, -0.05) is 127 Å². The predicted octanol–water partition coefficient (Wildman–Crippen LogP) is 12.1. The van der Waals surface area contributed by atoms with Crippen molar-refractivity contribution < 1.29 is 4.42 Å². The van der Waals surface area contributed by atoms with Gasteiger partial charge in [0.2, 0.25) is 0 Å². The molecule has 0 saturated carbocycles. The molecule has 0 radical (unpaired) electrons. The maximum absolute atomic E-state index is 6.56. The molecule has 0 fully saturated rings. The van der Waals surface area contributed by atoms with Gasteiger partial charge in [-0.05, 0) is 67.6 Å². The van der Waals surface area contributed by atoms with E-state index in [0.29, 0.717) is 0 Å². The minimum atomic E-state index is 0.926. The van der Waals surface area contributed by atoms with E-state index in [1.165, 1.54) is 75.1 Å². The highest BCUT2D eigenvalue weighted by Crippen LogP contribution is 2.50. The fourth-order valence-electron chi connectivity index (χ4n) is 6.67. The molecule has 7 aromatic carbocycles. The topological polar surface area (TPSA) is 13.1 Å². The second-order valence-electron chi connectivity index (χ2n) is 10.8. The lowest BCUT2D eigenvalue weighted by Gasteiger charge is -2.18. The molecule has 0 bridgehead atoms. The average molecular weight is 553 g/mol. The Labute approximate surface area is 246 Å². The number of furan rings is 1. The third-order valence-corrected chi connectivity index (χ3v) is 9.67. The number of rotatable bonds is 3. The standard InChI is InChI=1S/C40H24OS/c1-3-13-25(14-4-1)36-24-33-32(23-35-39(40(33)42-36)31-21-11-12-22-34(31)41-35)38-29-19-9-7-17-27(29)37(26-15-5-2-6-16-26)28-18-8-10-20-30(28)38/h1-24H. The number of hydrogen-bond donors (Lipinski definition) is 0. The second-order valence-corrected chi connectivity index (χ2v) is 11.9. The van der Waals surface area contributed by atoms with E-state index in [-0.39, 0.29) is 0 Å². The summed E-state index contributed by atoms with van der Waals surface area (Å²) >= 11 is 1.86. The van der Waals surface area contributed by atoms with E-state index in [0.717, 1.165) is 11.2 Å². The molecule has 0 amide bonds. The first-order chi connectivity index (χ1) is 20.8. The molecular weight excluding hydrogens is 529 g/mol. The summed E-state index contributed by atoms with van der Waals surface area (Å²) in [6, 6.07) is 52.3. The van der Waals surface area contributed by atoms with Crippen molar-refractivity contribution in [2.75, 3.05) is 0 Å². The first kappa shape index (κ1) is 23.5. The van der Waals surface area contributed by atoms with Crippen molar-refractivity contribution in [3.05, 3.63) is 146 Å². The van der Waals surface area contributed by atoms with Crippen LogP contribution in [0.15, 0.2) is 150 Å². The largest absolute Gasteiger partial charge is 0.456 e. The van der Waals surface area contributed by atoms with Gasteiger partial charge in [-0.15, -0.1) is 11.3 Å². The SMILES string of the molecule is c1ccc(-c2cc3c(-c4c5ccccc5c(-c5ccccc5)c5ccccc45)cc4oc5ccccc5c4c3s2)cc1. The zero-order chi connectivity index (χ0) is 27.6. The molecule has 2 aromatic heterocycles. The van der Waals surface area contributed by atoms with Crippen LogP contribution in [0.5, 0.6) is 0 Å². The van der Waals surface area contributed by atoms with Crippen molar-refractivity contribution in [1.82, 2.24) is 0 Å². The number of hydrogen-bond acceptors (Lipinski definition) is 2. The monoisotopic (exact) mass is 552 g/mol. The van der Waals surface area contributed by atoms with E-state index in [1.54, 1.807) is 0 Å². The second kappa shape index (κ2) is 9.17. The maximum atomic E-state index is 6.56. The predicted molar refractivity (Wildman–Crippen MR) is 180 cm³/mol. The lowest BCUT2D eigenvalue weighted by atomic mass is 9.85. The van der Waals surface area contributed by atoms with Crippen LogP contribution in [-0.4, -0.2) is 0 Å². The molecule has 0 saturated heterocycles. The number of para-hydroxylation sites is 1. The first-order valence-electron chi connectivity index (χ1n) is 14.3. The third-order valence-electron chi connectivity index (χ3n) is 8.47. The molecule has 0 atom stereocenters. The highest BCUT2D eigenvalue weighted by atomic mass is 32.1. The van der Waals surface area contributed by atoms with E-state index in [1.807, 2.05) is 11.3 Å². The fourth-order valence-corrected chi connectivity index (χ4v) is 7.91. The minimum Gasteiger partial charge on any atom is -0.456 e. The van der Waals surface area contributed by atoms with Gasteiger partial charge in [-0.25, -0.2) is 0 Å². The molecule has 0 spiro atoms. The van der Waals surface area contributed by atoms with Crippen LogP contribution in [0, 0.1) is 0 Å². The molecule has 2 heterocycles. The smallest absolute Gasteiger partial charge is 0.137 e. The molecule has 0 aliphatic heterocycles. The molecule has 196 valence electrons. The quantitative estimate of drug-likeness (QED) is 0.199. The van der Waals surface area contributed by atoms with E-state index in [4.69, 9.17) is 4.42 Å². The summed E-state index contributed by atoms with van der Waals surface area (Å²) in [6.45, 7) is 0. The highest BCUT2D eigenvalue weighted by Gasteiger charge is 2.22. The Morgan fingerprint density at radius 2 is 0.929 bits per heavy atom. The molecule has 42 heavy (non-hydrogen) atoms. The van der Waals surface area contributed by atoms with Crippen molar-refractivity contribution in [3.8, 4) is 32.7 Å². The van der Waals surface area contributed by atoms with Crippen molar-refractivity contribution in [3.63, 3.8) is 0 Å². The van der Waals surface area contributed by atoms with Crippen molar-refractivity contribution in [2.45, 2.75) is 0 Å². The number of thiophene rings is 1. The summed E-state index contributed by atoms with van der Waals surface area (Å²) in [6.07, 6.45) is 0. The Morgan fingerprint density at radius 3 is 1.57 bits per heavy atom. The summed E-state index contributed by atoms with van der Waals surface area (Å²) < 4.78 is 7.83. The zero-order valence-corrected chi connectivity index (χ0v) is 23.5. The van der Waals surface area contributed by atoms with Crippen LogP contribution in [0.25, 0.3) is 86.3 Å². The van der Waals surface area contributed by atoms with Gasteiger partial charge in [0.1, 0.15) is 11.2 Å². The average Bonchev–Trinajstić information content (AvgIpc) is 3.66. The normalized spacial score (nSPS) is 11.8. The Morgan fingerprint density at radius 1 is 0.405 bits per heavy atom. The highest BCUT2D eigenvalue weighted by molar-refractivity contribution is 7.23. The van der Waals surface area contributed by atoms with Crippen LogP contribution in [0.4, 0.5) is 0 Å². The van der Waals surface area contributed by atoms with Crippen LogP contribution in [0.3, 0.4) is 0 Å². The Balaban J connectivity index is 1.48. The summed E-state index contributed by atoms with van der Waals surface area (Å²) in [4.78, 5) is 1.26. The van der Waals surface area contributed by atoms with E-state index in [2.05, 4.69) is 146 Å². The summed E-state index contributed by atoms with van der Waals surface area (Å²) in [5.74, 6) is 0.